The number of aromatic nitrogens is 2. The van der Waals surface area contributed by atoms with Crippen molar-refractivity contribution in [2.24, 2.45) is 0 Å². The van der Waals surface area contributed by atoms with E-state index in [4.69, 9.17) is 4.74 Å². The van der Waals surface area contributed by atoms with Crippen LogP contribution in [-0.4, -0.2) is 17.1 Å². The summed E-state index contributed by atoms with van der Waals surface area (Å²) in [5.41, 5.74) is 1.16. The number of hydrogen-bond acceptors (Lipinski definition) is 5. The predicted octanol–water partition coefficient (Wildman–Crippen LogP) is 3.93. The van der Waals surface area contributed by atoms with Gasteiger partial charge in [-0.25, -0.2) is 9.97 Å². The van der Waals surface area contributed by atoms with Crippen molar-refractivity contribution < 1.29 is 4.74 Å². The first kappa shape index (κ1) is 13.8. The van der Waals surface area contributed by atoms with Crippen molar-refractivity contribution in [2.75, 3.05) is 12.4 Å². The lowest BCUT2D eigenvalue weighted by Gasteiger charge is -2.08. The molecule has 0 aliphatic carbocycles. The quantitative estimate of drug-likeness (QED) is 0.793. The molecule has 0 fully saturated rings. The zero-order valence-corrected chi connectivity index (χ0v) is 13.1. The summed E-state index contributed by atoms with van der Waals surface area (Å²) in [4.78, 5) is 11.3. The Labute approximate surface area is 127 Å². The number of methoxy groups -OCH3 is 1. The molecule has 2 heterocycles. The predicted molar refractivity (Wildman–Crippen MR) is 87.2 cm³/mol. The van der Waals surface area contributed by atoms with Gasteiger partial charge in [0.1, 0.15) is 22.2 Å². The van der Waals surface area contributed by atoms with E-state index in [0.717, 1.165) is 33.2 Å². The SMILES string of the molecule is COc1cccc(CNc2nc(C)nc3sc(C)cc23)c1. The number of nitrogens with zero attached hydrogens (tertiary/aromatic N) is 2. The summed E-state index contributed by atoms with van der Waals surface area (Å²) in [5.74, 6) is 2.55. The van der Waals surface area contributed by atoms with Crippen LogP contribution in [-0.2, 0) is 6.54 Å². The van der Waals surface area contributed by atoms with Gasteiger partial charge in [-0.3, -0.25) is 0 Å². The largest absolute Gasteiger partial charge is 0.497 e. The third-order valence-corrected chi connectivity index (χ3v) is 4.17. The van der Waals surface area contributed by atoms with Gasteiger partial charge < -0.3 is 10.1 Å². The number of nitrogens with one attached hydrogen (secondary N) is 1. The van der Waals surface area contributed by atoms with Gasteiger partial charge in [0.25, 0.3) is 0 Å². The van der Waals surface area contributed by atoms with Crippen molar-refractivity contribution in [3.8, 4) is 5.75 Å². The lowest BCUT2D eigenvalue weighted by molar-refractivity contribution is 0.414. The van der Waals surface area contributed by atoms with Crippen LogP contribution >= 0.6 is 11.3 Å². The molecule has 0 bridgehead atoms. The van der Waals surface area contributed by atoms with Crippen molar-refractivity contribution in [1.29, 1.82) is 0 Å². The molecule has 3 rings (SSSR count). The average Bonchev–Trinajstić information content (AvgIpc) is 2.85. The Morgan fingerprint density at radius 2 is 2.05 bits per heavy atom. The van der Waals surface area contributed by atoms with Crippen molar-refractivity contribution in [2.45, 2.75) is 20.4 Å². The molecule has 5 heteroatoms. The second-order valence-electron chi connectivity index (χ2n) is 4.90. The van der Waals surface area contributed by atoms with Gasteiger partial charge in [-0.05, 0) is 37.6 Å². The van der Waals surface area contributed by atoms with Gasteiger partial charge >= 0.3 is 0 Å². The minimum Gasteiger partial charge on any atom is -0.497 e. The summed E-state index contributed by atoms with van der Waals surface area (Å²) in [6, 6.07) is 10.2. The average molecular weight is 299 g/mol. The smallest absolute Gasteiger partial charge is 0.138 e. The molecule has 0 saturated heterocycles. The van der Waals surface area contributed by atoms with E-state index in [9.17, 15) is 0 Å². The molecule has 21 heavy (non-hydrogen) atoms. The maximum Gasteiger partial charge on any atom is 0.138 e. The lowest BCUT2D eigenvalue weighted by atomic mass is 10.2. The van der Waals surface area contributed by atoms with Crippen LogP contribution in [0.4, 0.5) is 5.82 Å². The van der Waals surface area contributed by atoms with Crippen LogP contribution in [0.25, 0.3) is 10.2 Å². The summed E-state index contributed by atoms with van der Waals surface area (Å²) in [7, 11) is 1.68. The number of benzene rings is 1. The number of rotatable bonds is 4. The second-order valence-corrected chi connectivity index (χ2v) is 6.14. The third-order valence-electron chi connectivity index (χ3n) is 3.22. The molecule has 0 saturated carbocycles. The third kappa shape index (κ3) is 2.97. The fourth-order valence-electron chi connectivity index (χ4n) is 2.25. The fraction of sp³-hybridized carbons (Fsp3) is 0.250. The molecule has 0 spiro atoms. The van der Waals surface area contributed by atoms with Crippen LogP contribution < -0.4 is 10.1 Å². The molecule has 1 N–H and O–H groups in total. The van der Waals surface area contributed by atoms with Crippen molar-refractivity contribution in [3.05, 3.63) is 46.6 Å². The number of anilines is 1. The zero-order valence-electron chi connectivity index (χ0n) is 12.3. The zero-order chi connectivity index (χ0) is 14.8. The topological polar surface area (TPSA) is 47.0 Å². The van der Waals surface area contributed by atoms with Gasteiger partial charge in [0.05, 0.1) is 12.5 Å². The molecule has 3 aromatic rings. The highest BCUT2D eigenvalue weighted by Gasteiger charge is 2.08. The molecule has 0 unspecified atom stereocenters. The monoisotopic (exact) mass is 299 g/mol. The van der Waals surface area contributed by atoms with E-state index in [2.05, 4.69) is 34.3 Å². The Bertz CT molecular complexity index is 782. The highest BCUT2D eigenvalue weighted by Crippen LogP contribution is 2.28. The Balaban J connectivity index is 1.87. The number of hydrogen-bond donors (Lipinski definition) is 1. The van der Waals surface area contributed by atoms with E-state index in [1.54, 1.807) is 18.4 Å². The van der Waals surface area contributed by atoms with Crippen molar-refractivity contribution >= 4 is 27.4 Å². The number of thiophene rings is 1. The first-order valence-electron chi connectivity index (χ1n) is 6.77. The molecule has 0 atom stereocenters. The Hall–Kier alpha value is -2.14. The maximum atomic E-state index is 5.25. The van der Waals surface area contributed by atoms with Gasteiger partial charge in [-0.1, -0.05) is 12.1 Å². The molecule has 1 aromatic carbocycles. The molecule has 2 aromatic heterocycles. The van der Waals surface area contributed by atoms with E-state index in [-0.39, 0.29) is 0 Å². The van der Waals surface area contributed by atoms with Crippen LogP contribution in [0.5, 0.6) is 5.75 Å². The van der Waals surface area contributed by atoms with Crippen LogP contribution in [0.2, 0.25) is 0 Å². The molecular weight excluding hydrogens is 282 g/mol. The maximum absolute atomic E-state index is 5.25. The highest BCUT2D eigenvalue weighted by atomic mass is 32.1. The van der Waals surface area contributed by atoms with Gasteiger partial charge in [-0.15, -0.1) is 11.3 Å². The summed E-state index contributed by atoms with van der Waals surface area (Å²) >= 11 is 1.70. The van der Waals surface area contributed by atoms with Gasteiger partial charge in [0.2, 0.25) is 0 Å². The van der Waals surface area contributed by atoms with Crippen molar-refractivity contribution in [1.82, 2.24) is 9.97 Å². The van der Waals surface area contributed by atoms with E-state index in [1.807, 2.05) is 25.1 Å². The Kier molecular flexibility index (Phi) is 3.75. The molecule has 0 aliphatic heterocycles. The Morgan fingerprint density at radius 1 is 1.19 bits per heavy atom. The lowest BCUT2D eigenvalue weighted by Crippen LogP contribution is -2.03. The van der Waals surface area contributed by atoms with Crippen LogP contribution in [0.15, 0.2) is 30.3 Å². The first-order valence-corrected chi connectivity index (χ1v) is 7.59. The Morgan fingerprint density at radius 3 is 2.86 bits per heavy atom. The van der Waals surface area contributed by atoms with Crippen molar-refractivity contribution in [3.63, 3.8) is 0 Å². The van der Waals surface area contributed by atoms with E-state index < -0.39 is 0 Å². The van der Waals surface area contributed by atoms with Crippen LogP contribution in [0.1, 0.15) is 16.3 Å². The van der Waals surface area contributed by atoms with Crippen LogP contribution in [0.3, 0.4) is 0 Å². The van der Waals surface area contributed by atoms with E-state index in [0.29, 0.717) is 6.54 Å². The summed E-state index contributed by atoms with van der Waals surface area (Å²) < 4.78 is 5.25. The number of fused-ring (bicyclic) bond motifs is 1. The minimum atomic E-state index is 0.706. The normalized spacial score (nSPS) is 10.8. The minimum absolute atomic E-state index is 0.706. The van der Waals surface area contributed by atoms with Gasteiger partial charge in [0, 0.05) is 11.4 Å². The molecular formula is C16H17N3OS. The molecule has 0 amide bonds. The van der Waals surface area contributed by atoms with Gasteiger partial charge in [-0.2, -0.15) is 0 Å². The molecule has 108 valence electrons. The molecule has 4 nitrogen and oxygen atoms in total. The standard InChI is InChI=1S/C16H17N3OS/c1-10-7-14-15(18-11(2)19-16(14)21-10)17-9-12-5-4-6-13(8-12)20-3/h4-8H,9H2,1-3H3,(H,17,18,19). The second kappa shape index (κ2) is 5.69. The molecule has 0 radical (unpaired) electrons. The summed E-state index contributed by atoms with van der Waals surface area (Å²) in [6.45, 7) is 4.72. The van der Waals surface area contributed by atoms with Crippen LogP contribution in [0, 0.1) is 13.8 Å². The highest BCUT2D eigenvalue weighted by molar-refractivity contribution is 7.18. The molecule has 0 aliphatic rings. The number of ether oxygens (including phenoxy) is 1. The van der Waals surface area contributed by atoms with E-state index in [1.165, 1.54) is 4.88 Å². The fourth-order valence-corrected chi connectivity index (χ4v) is 3.18. The summed E-state index contributed by atoms with van der Waals surface area (Å²) in [5, 5.41) is 4.50. The number of aryl methyl sites for hydroxylation is 2. The first-order chi connectivity index (χ1) is 10.2. The summed E-state index contributed by atoms with van der Waals surface area (Å²) in [6.07, 6.45) is 0. The van der Waals surface area contributed by atoms with Gasteiger partial charge in [0.15, 0.2) is 0 Å². The van der Waals surface area contributed by atoms with E-state index >= 15 is 0 Å².